The Bertz CT molecular complexity index is 1450. The number of pyridine rings is 1. The molecule has 2 aromatic heterocycles. The van der Waals surface area contributed by atoms with Gasteiger partial charge in [-0.15, -0.1) is 5.10 Å². The summed E-state index contributed by atoms with van der Waals surface area (Å²) in [6.45, 7) is 3.90. The Kier molecular flexibility index (Phi) is 6.69. The number of fused-ring (bicyclic) bond motifs is 1. The Labute approximate surface area is 208 Å². The van der Waals surface area contributed by atoms with E-state index < -0.39 is 11.7 Å². The first kappa shape index (κ1) is 23.6. The molecule has 8 nitrogen and oxygen atoms in total. The molecule has 0 saturated carbocycles. The second-order valence-corrected chi connectivity index (χ2v) is 8.95. The number of carbonyl (C=O) groups is 1. The number of aryl methyl sites for hydroxylation is 2. The zero-order valence-corrected chi connectivity index (χ0v) is 20.0. The molecule has 5 rings (SSSR count). The average Bonchev–Trinajstić information content (AvgIpc) is 3.37. The Hall–Kier alpha value is -4.16. The van der Waals surface area contributed by atoms with Crippen molar-refractivity contribution in [3.05, 3.63) is 71.8 Å². The summed E-state index contributed by atoms with van der Waals surface area (Å²) in [5, 5.41) is 22.1. The van der Waals surface area contributed by atoms with Crippen LogP contribution in [0.1, 0.15) is 35.2 Å². The molecule has 182 valence electrons. The fourth-order valence-corrected chi connectivity index (χ4v) is 4.74. The maximum absolute atomic E-state index is 15.5. The van der Waals surface area contributed by atoms with Gasteiger partial charge in [-0.05, 0) is 55.5 Å². The van der Waals surface area contributed by atoms with Crippen molar-refractivity contribution in [2.24, 2.45) is 0 Å². The van der Waals surface area contributed by atoms with E-state index >= 15 is 4.39 Å². The normalized spacial score (nSPS) is 15.5. The third-order valence-corrected chi connectivity index (χ3v) is 6.55. The van der Waals surface area contributed by atoms with Crippen LogP contribution in [0.15, 0.2) is 54.9 Å². The number of aromatic nitrogens is 4. The highest BCUT2D eigenvalue weighted by molar-refractivity contribution is 6.11. The fourth-order valence-electron chi connectivity index (χ4n) is 4.74. The van der Waals surface area contributed by atoms with Gasteiger partial charge in [-0.1, -0.05) is 29.5 Å². The van der Waals surface area contributed by atoms with Crippen LogP contribution in [0.5, 0.6) is 0 Å². The number of benzene rings is 2. The highest BCUT2D eigenvalue weighted by Gasteiger charge is 2.31. The number of piperidine rings is 1. The quantitative estimate of drug-likeness (QED) is 0.440. The van der Waals surface area contributed by atoms with Gasteiger partial charge in [-0.25, -0.2) is 9.37 Å². The Morgan fingerprint density at radius 2 is 2.19 bits per heavy atom. The molecule has 0 aliphatic carbocycles. The van der Waals surface area contributed by atoms with Crippen molar-refractivity contribution in [3.63, 3.8) is 0 Å². The van der Waals surface area contributed by atoms with Crippen molar-refractivity contribution in [1.29, 1.82) is 5.26 Å². The number of amides is 1. The summed E-state index contributed by atoms with van der Waals surface area (Å²) < 4.78 is 17.0. The molecule has 0 spiro atoms. The summed E-state index contributed by atoms with van der Waals surface area (Å²) in [5.41, 5.74) is 1.98. The zero-order chi connectivity index (χ0) is 25.1. The number of carbonyl (C=O) groups excluding carboxylic acids is 1. The molecule has 9 heteroatoms. The Morgan fingerprint density at radius 3 is 2.97 bits per heavy atom. The summed E-state index contributed by atoms with van der Waals surface area (Å²) in [7, 11) is 0. The predicted molar refractivity (Wildman–Crippen MR) is 135 cm³/mol. The van der Waals surface area contributed by atoms with Gasteiger partial charge in [0.2, 0.25) is 0 Å². The summed E-state index contributed by atoms with van der Waals surface area (Å²) in [6.07, 6.45) is 5.38. The highest BCUT2D eigenvalue weighted by Crippen LogP contribution is 2.32. The van der Waals surface area contributed by atoms with Crippen LogP contribution in [-0.2, 0) is 6.54 Å². The average molecular weight is 484 g/mol. The smallest absolute Gasteiger partial charge is 0.262 e. The van der Waals surface area contributed by atoms with Crippen LogP contribution in [0.25, 0.3) is 22.0 Å². The van der Waals surface area contributed by atoms with E-state index in [-0.39, 0.29) is 11.6 Å². The van der Waals surface area contributed by atoms with E-state index in [9.17, 15) is 4.79 Å². The van der Waals surface area contributed by atoms with Crippen molar-refractivity contribution in [2.45, 2.75) is 38.8 Å². The number of nitrogens with one attached hydrogen (secondary N) is 1. The fraction of sp³-hybridized carbons (Fsp3) is 0.296. The van der Waals surface area contributed by atoms with Gasteiger partial charge in [0.1, 0.15) is 17.3 Å². The van der Waals surface area contributed by atoms with Crippen molar-refractivity contribution < 1.29 is 9.18 Å². The van der Waals surface area contributed by atoms with Crippen LogP contribution in [-0.4, -0.2) is 45.0 Å². The third kappa shape index (κ3) is 4.55. The molecule has 1 aliphatic rings. The lowest BCUT2D eigenvalue weighted by molar-refractivity contribution is 0.0968. The molecule has 4 aromatic rings. The summed E-state index contributed by atoms with van der Waals surface area (Å²) in [5.74, 6) is -0.503. The molecule has 1 fully saturated rings. The van der Waals surface area contributed by atoms with E-state index in [0.717, 1.165) is 35.7 Å². The van der Waals surface area contributed by atoms with Gasteiger partial charge < -0.3 is 5.32 Å². The lowest BCUT2D eigenvalue weighted by Gasteiger charge is -2.35. The predicted octanol–water partition coefficient (Wildman–Crippen LogP) is 4.25. The molecule has 1 saturated heterocycles. The molecule has 0 radical (unpaired) electrons. The molecule has 0 bridgehead atoms. The number of hydrogen-bond acceptors (Lipinski definition) is 6. The van der Waals surface area contributed by atoms with E-state index in [4.69, 9.17) is 5.26 Å². The number of rotatable bonds is 6. The molecule has 1 N–H and O–H groups in total. The van der Waals surface area contributed by atoms with E-state index in [0.29, 0.717) is 36.6 Å². The van der Waals surface area contributed by atoms with Crippen LogP contribution in [0.2, 0.25) is 0 Å². The molecular weight excluding hydrogens is 457 g/mol. The van der Waals surface area contributed by atoms with Crippen LogP contribution < -0.4 is 10.2 Å². The summed E-state index contributed by atoms with van der Waals surface area (Å²) in [4.78, 5) is 20.2. The molecular formula is C27H26FN7O. The maximum atomic E-state index is 15.5. The van der Waals surface area contributed by atoms with E-state index in [1.54, 1.807) is 28.0 Å². The topological polar surface area (TPSA) is 99.7 Å². The van der Waals surface area contributed by atoms with Crippen LogP contribution >= 0.6 is 0 Å². The van der Waals surface area contributed by atoms with Gasteiger partial charge >= 0.3 is 0 Å². The number of nitriles is 1. The molecule has 3 heterocycles. The highest BCUT2D eigenvalue weighted by atomic mass is 19.1. The van der Waals surface area contributed by atoms with Crippen LogP contribution in [0, 0.1) is 24.1 Å². The largest absolute Gasteiger partial charge is 0.315 e. The Balaban J connectivity index is 1.53. The number of anilines is 1. The van der Waals surface area contributed by atoms with Gasteiger partial charge in [0.05, 0.1) is 36.8 Å². The number of nitrogens with zero attached hydrogens (tertiary/aromatic N) is 6. The van der Waals surface area contributed by atoms with Gasteiger partial charge in [-0.3, -0.25) is 14.4 Å². The molecule has 2 aromatic carbocycles. The minimum absolute atomic E-state index is 0.0198. The Morgan fingerprint density at radius 1 is 1.31 bits per heavy atom. The van der Waals surface area contributed by atoms with Crippen molar-refractivity contribution >= 4 is 22.5 Å². The first-order valence-electron chi connectivity index (χ1n) is 12.0. The lowest BCUT2D eigenvalue weighted by atomic mass is 10.0. The second-order valence-electron chi connectivity index (χ2n) is 8.95. The van der Waals surface area contributed by atoms with E-state index in [1.807, 2.05) is 31.2 Å². The standard InChI is InChI=1S/C27H26FN7O/c1-18-5-2-6-19-10-13-31-26(25(18)19)35(21-7-3-12-30-16-21)27(36)22-9-8-20(15-23(22)28)24-17-34(33-32-24)14-4-11-29/h2,5-6,8-10,13,15,17,21,30H,3-4,7,12,14,16H2,1H3/t21-/m1/s1. The first-order valence-corrected chi connectivity index (χ1v) is 12.0. The van der Waals surface area contributed by atoms with Crippen LogP contribution in [0.3, 0.4) is 0 Å². The van der Waals surface area contributed by atoms with Crippen LogP contribution in [0.4, 0.5) is 10.2 Å². The van der Waals surface area contributed by atoms with E-state index in [1.165, 1.54) is 12.1 Å². The van der Waals surface area contributed by atoms with Gasteiger partial charge in [-0.2, -0.15) is 5.26 Å². The molecule has 36 heavy (non-hydrogen) atoms. The van der Waals surface area contributed by atoms with Crippen molar-refractivity contribution in [2.75, 3.05) is 18.0 Å². The molecule has 1 atom stereocenters. The third-order valence-electron chi connectivity index (χ3n) is 6.55. The van der Waals surface area contributed by atoms with E-state index in [2.05, 4.69) is 26.7 Å². The molecule has 0 unspecified atom stereocenters. The summed E-state index contributed by atoms with van der Waals surface area (Å²) >= 11 is 0. The molecule has 1 amide bonds. The van der Waals surface area contributed by atoms with Crippen molar-refractivity contribution in [1.82, 2.24) is 25.3 Å². The first-order chi connectivity index (χ1) is 17.6. The van der Waals surface area contributed by atoms with Gasteiger partial charge in [0.25, 0.3) is 5.91 Å². The maximum Gasteiger partial charge on any atom is 0.262 e. The number of halogens is 1. The SMILES string of the molecule is Cc1cccc2ccnc(N(C(=O)c3ccc(-c4cn(CCC#N)nn4)cc3F)[C@@H]3CCCNC3)c12. The molecule has 1 aliphatic heterocycles. The monoisotopic (exact) mass is 483 g/mol. The second kappa shape index (κ2) is 10.2. The number of hydrogen-bond donors (Lipinski definition) is 1. The van der Waals surface area contributed by atoms with Crippen molar-refractivity contribution in [3.8, 4) is 17.3 Å². The lowest BCUT2D eigenvalue weighted by Crippen LogP contribution is -2.49. The van der Waals surface area contributed by atoms with Gasteiger partial charge in [0.15, 0.2) is 0 Å². The van der Waals surface area contributed by atoms with Gasteiger partial charge in [0, 0.05) is 23.7 Å². The minimum Gasteiger partial charge on any atom is -0.315 e. The zero-order valence-electron chi connectivity index (χ0n) is 20.0. The minimum atomic E-state index is -0.630. The summed E-state index contributed by atoms with van der Waals surface area (Å²) in [6, 6.07) is 14.3.